The number of halogens is 1. The van der Waals surface area contributed by atoms with E-state index in [9.17, 15) is 0 Å². The van der Waals surface area contributed by atoms with Crippen LogP contribution in [0.2, 0.25) is 0 Å². The minimum atomic E-state index is 0.225. The topological polar surface area (TPSA) is 42.7 Å². The number of rotatable bonds is 3. The van der Waals surface area contributed by atoms with Crippen LogP contribution >= 0.6 is 27.7 Å². The lowest BCUT2D eigenvalue weighted by Crippen LogP contribution is -2.19. The van der Waals surface area contributed by atoms with E-state index < -0.39 is 0 Å². The van der Waals surface area contributed by atoms with Crippen molar-refractivity contribution in [1.29, 1.82) is 0 Å². The Balaban J connectivity index is 1.95. The van der Waals surface area contributed by atoms with Gasteiger partial charge in [-0.3, -0.25) is 4.98 Å². The molecule has 0 spiro atoms. The van der Waals surface area contributed by atoms with E-state index in [1.807, 2.05) is 36.2 Å². The molecule has 27 heavy (non-hydrogen) atoms. The number of fused-ring (bicyclic) bond motifs is 1. The number of aryl methyl sites for hydroxylation is 2. The van der Waals surface area contributed by atoms with Gasteiger partial charge in [0, 0.05) is 34.6 Å². The van der Waals surface area contributed by atoms with Crippen molar-refractivity contribution in [2.24, 2.45) is 0 Å². The first-order chi connectivity index (χ1) is 13.1. The van der Waals surface area contributed by atoms with E-state index >= 15 is 0 Å². The summed E-state index contributed by atoms with van der Waals surface area (Å²) in [6, 6.07) is 13.0. The predicted octanol–water partition coefficient (Wildman–Crippen LogP) is 5.67. The molecular weight excluding hydrogens is 420 g/mol. The van der Waals surface area contributed by atoms with E-state index in [4.69, 9.17) is 5.10 Å². The van der Waals surface area contributed by atoms with Gasteiger partial charge in [0.05, 0.1) is 10.9 Å². The van der Waals surface area contributed by atoms with Crippen molar-refractivity contribution in [1.82, 2.24) is 14.8 Å². The van der Waals surface area contributed by atoms with Crippen LogP contribution in [0.5, 0.6) is 0 Å². The van der Waals surface area contributed by atoms with Crippen molar-refractivity contribution < 1.29 is 0 Å². The number of hydrogen-bond donors (Lipinski definition) is 1. The minimum Gasteiger partial charge on any atom is -0.367 e. The average Bonchev–Trinajstić information content (AvgIpc) is 2.93. The first-order valence-corrected chi connectivity index (χ1v) is 11.1. The van der Waals surface area contributed by atoms with Crippen LogP contribution in [0.15, 0.2) is 47.1 Å². The average molecular weight is 443 g/mol. The molecular formula is C21H23BrN4S. The van der Waals surface area contributed by atoms with Crippen molar-refractivity contribution in [2.45, 2.75) is 38.6 Å². The van der Waals surface area contributed by atoms with Gasteiger partial charge in [-0.05, 0) is 56.2 Å². The molecule has 0 bridgehead atoms. The van der Waals surface area contributed by atoms with Crippen molar-refractivity contribution in [3.8, 4) is 11.4 Å². The summed E-state index contributed by atoms with van der Waals surface area (Å²) in [7, 11) is 0. The molecule has 140 valence electrons. The molecule has 3 heterocycles. The Bertz CT molecular complexity index is 954. The Morgan fingerprint density at radius 2 is 2.15 bits per heavy atom. The van der Waals surface area contributed by atoms with Crippen LogP contribution in [0, 0.1) is 6.92 Å². The van der Waals surface area contributed by atoms with Gasteiger partial charge in [-0.2, -0.15) is 5.10 Å². The van der Waals surface area contributed by atoms with Crippen LogP contribution in [0.3, 0.4) is 0 Å². The second-order valence-corrected chi connectivity index (χ2v) is 8.96. The van der Waals surface area contributed by atoms with Gasteiger partial charge in [-0.15, -0.1) is 11.8 Å². The van der Waals surface area contributed by atoms with Crippen LogP contribution in [-0.4, -0.2) is 26.6 Å². The second kappa shape index (κ2) is 7.68. The quantitative estimate of drug-likeness (QED) is 0.566. The fourth-order valence-corrected chi connectivity index (χ4v) is 5.45. The van der Waals surface area contributed by atoms with Gasteiger partial charge in [0.2, 0.25) is 0 Å². The molecule has 1 N–H and O–H groups in total. The normalized spacial score (nSPS) is 19.3. The van der Waals surface area contributed by atoms with Crippen LogP contribution < -0.4 is 5.32 Å². The zero-order chi connectivity index (χ0) is 19.0. The Kier molecular flexibility index (Phi) is 5.28. The molecule has 2 unspecified atom stereocenters. The molecule has 0 aliphatic carbocycles. The number of hydrogen-bond acceptors (Lipinski definition) is 4. The van der Waals surface area contributed by atoms with E-state index in [-0.39, 0.29) is 5.25 Å². The lowest BCUT2D eigenvalue weighted by Gasteiger charge is -2.19. The lowest BCUT2D eigenvalue weighted by molar-refractivity contribution is 0.660. The third-order valence-electron chi connectivity index (χ3n) is 4.87. The van der Waals surface area contributed by atoms with E-state index in [2.05, 4.69) is 69.9 Å². The number of benzene rings is 1. The monoisotopic (exact) mass is 442 g/mol. The molecule has 3 aromatic rings. The van der Waals surface area contributed by atoms with Crippen LogP contribution in [0.4, 0.5) is 5.82 Å². The summed E-state index contributed by atoms with van der Waals surface area (Å²) in [5.74, 6) is 2.17. The highest BCUT2D eigenvalue weighted by Gasteiger charge is 2.32. The number of pyridine rings is 1. The third kappa shape index (κ3) is 3.52. The van der Waals surface area contributed by atoms with E-state index in [1.165, 1.54) is 16.7 Å². The zero-order valence-corrected chi connectivity index (χ0v) is 18.1. The molecule has 4 nitrogen and oxygen atoms in total. The van der Waals surface area contributed by atoms with Crippen LogP contribution in [-0.2, 0) is 6.54 Å². The van der Waals surface area contributed by atoms with Gasteiger partial charge in [0.25, 0.3) is 0 Å². The summed E-state index contributed by atoms with van der Waals surface area (Å²) in [5.41, 5.74) is 5.79. The van der Waals surface area contributed by atoms with Crippen molar-refractivity contribution in [2.75, 3.05) is 11.1 Å². The molecule has 0 fully saturated rings. The minimum absolute atomic E-state index is 0.225. The van der Waals surface area contributed by atoms with E-state index in [0.717, 1.165) is 34.0 Å². The van der Waals surface area contributed by atoms with E-state index in [1.54, 1.807) is 0 Å². The fraction of sp³-hybridized carbons (Fsp3) is 0.333. The molecule has 2 atom stereocenters. The van der Waals surface area contributed by atoms with Crippen molar-refractivity contribution in [3.63, 3.8) is 0 Å². The van der Waals surface area contributed by atoms with Crippen LogP contribution in [0.1, 0.15) is 35.8 Å². The summed E-state index contributed by atoms with van der Waals surface area (Å²) in [4.78, 5) is 4.60. The van der Waals surface area contributed by atoms with Gasteiger partial charge in [0.15, 0.2) is 0 Å². The molecule has 0 saturated heterocycles. The number of nitrogens with one attached hydrogen (secondary N) is 1. The summed E-state index contributed by atoms with van der Waals surface area (Å²) in [6.45, 7) is 7.39. The van der Waals surface area contributed by atoms with Crippen molar-refractivity contribution in [3.05, 3.63) is 63.8 Å². The maximum atomic E-state index is 4.95. The standard InChI is InChI=1S/C21H23BrN4S/c1-4-26-21-18(19(25-26)17-7-5-6-10-23-17)20(27-12-14(3)24-21)16-9-8-15(22)11-13(16)2/h5-11,14,20,24H,4,12H2,1-3H3. The van der Waals surface area contributed by atoms with Gasteiger partial charge in [-0.25, -0.2) is 4.68 Å². The molecule has 1 aliphatic heterocycles. The summed E-state index contributed by atoms with van der Waals surface area (Å²) in [5, 5.41) is 8.88. The summed E-state index contributed by atoms with van der Waals surface area (Å²) in [6.07, 6.45) is 1.84. The molecule has 0 saturated carbocycles. The first-order valence-electron chi connectivity index (χ1n) is 9.24. The largest absolute Gasteiger partial charge is 0.367 e. The van der Waals surface area contributed by atoms with Gasteiger partial charge in [-0.1, -0.05) is 28.1 Å². The summed E-state index contributed by atoms with van der Waals surface area (Å²) >= 11 is 5.58. The zero-order valence-electron chi connectivity index (χ0n) is 15.7. The number of nitrogens with zero attached hydrogens (tertiary/aromatic N) is 3. The van der Waals surface area contributed by atoms with Gasteiger partial charge < -0.3 is 5.32 Å². The number of aromatic nitrogens is 3. The summed E-state index contributed by atoms with van der Waals surface area (Å²) < 4.78 is 3.20. The maximum Gasteiger partial charge on any atom is 0.129 e. The third-order valence-corrected chi connectivity index (χ3v) is 6.88. The van der Waals surface area contributed by atoms with E-state index in [0.29, 0.717) is 6.04 Å². The number of anilines is 1. The lowest BCUT2D eigenvalue weighted by atomic mass is 9.98. The Morgan fingerprint density at radius 1 is 1.30 bits per heavy atom. The smallest absolute Gasteiger partial charge is 0.129 e. The van der Waals surface area contributed by atoms with Crippen molar-refractivity contribution >= 4 is 33.5 Å². The SMILES string of the molecule is CCn1nc(-c2ccccn2)c2c1NC(C)CSC2c1ccc(Br)cc1C. The first kappa shape index (κ1) is 18.6. The van der Waals surface area contributed by atoms with Gasteiger partial charge >= 0.3 is 0 Å². The molecule has 1 aliphatic rings. The number of thioether (sulfide) groups is 1. The molecule has 4 rings (SSSR count). The highest BCUT2D eigenvalue weighted by Crippen LogP contribution is 2.47. The molecule has 2 aromatic heterocycles. The predicted molar refractivity (Wildman–Crippen MR) is 117 cm³/mol. The second-order valence-electron chi connectivity index (χ2n) is 6.90. The Hall–Kier alpha value is -1.79. The maximum absolute atomic E-state index is 4.95. The van der Waals surface area contributed by atoms with Crippen LogP contribution in [0.25, 0.3) is 11.4 Å². The fourth-order valence-electron chi connectivity index (χ4n) is 3.57. The molecule has 0 radical (unpaired) electrons. The highest BCUT2D eigenvalue weighted by molar-refractivity contribution is 9.10. The molecule has 0 amide bonds. The molecule has 6 heteroatoms. The Labute approximate surface area is 172 Å². The highest BCUT2D eigenvalue weighted by atomic mass is 79.9. The van der Waals surface area contributed by atoms with Gasteiger partial charge in [0.1, 0.15) is 11.5 Å². The molecule has 1 aromatic carbocycles. The Morgan fingerprint density at radius 3 is 2.85 bits per heavy atom.